The summed E-state index contributed by atoms with van der Waals surface area (Å²) in [4.78, 5) is 3.09. The number of halogens is 1. The third-order valence-electron chi connectivity index (χ3n) is 4.69. The van der Waals surface area contributed by atoms with E-state index in [1.54, 1.807) is 6.07 Å². The van der Waals surface area contributed by atoms with Gasteiger partial charge >= 0.3 is 0 Å². The quantitative estimate of drug-likeness (QED) is 0.735. The Hall–Kier alpha value is -2.13. The van der Waals surface area contributed by atoms with Crippen molar-refractivity contribution in [2.75, 3.05) is 6.54 Å². The molecule has 0 saturated carbocycles. The highest BCUT2D eigenvalue weighted by Crippen LogP contribution is 2.46. The molecule has 0 saturated heterocycles. The molecule has 3 heteroatoms. The van der Waals surface area contributed by atoms with E-state index in [1.165, 1.54) is 22.8 Å². The Bertz CT molecular complexity index is 806. The molecule has 0 aliphatic heterocycles. The molecule has 21 heavy (non-hydrogen) atoms. The molecule has 0 radical (unpaired) electrons. The van der Waals surface area contributed by atoms with Gasteiger partial charge in [-0.25, -0.2) is 4.39 Å². The smallest absolute Gasteiger partial charge is 0.147 e. The van der Waals surface area contributed by atoms with Crippen molar-refractivity contribution < 1.29 is 4.39 Å². The van der Waals surface area contributed by atoms with Crippen LogP contribution in [0.4, 0.5) is 4.39 Å². The van der Waals surface area contributed by atoms with Crippen molar-refractivity contribution in [2.24, 2.45) is 5.73 Å². The molecule has 0 spiro atoms. The number of hydrogen-bond acceptors (Lipinski definition) is 1. The first-order valence-corrected chi connectivity index (χ1v) is 7.34. The number of benzene rings is 2. The van der Waals surface area contributed by atoms with E-state index < -0.39 is 0 Å². The maximum absolute atomic E-state index is 13.9. The predicted octanol–water partition coefficient (Wildman–Crippen LogP) is 3.88. The topological polar surface area (TPSA) is 41.8 Å². The average Bonchev–Trinajstić information content (AvgIpc) is 3.09. The monoisotopic (exact) mass is 280 g/mol. The number of fused-ring (bicyclic) bond motifs is 2. The number of hydrogen-bond donors (Lipinski definition) is 2. The first-order chi connectivity index (χ1) is 10.3. The fraction of sp³-hybridized carbons (Fsp3) is 0.222. The molecule has 2 nitrogen and oxygen atoms in total. The van der Waals surface area contributed by atoms with Gasteiger partial charge in [0.1, 0.15) is 5.82 Å². The lowest BCUT2D eigenvalue weighted by Crippen LogP contribution is -2.09. The molecular formula is C18H17FN2. The molecule has 2 aromatic carbocycles. The van der Waals surface area contributed by atoms with Gasteiger partial charge in [-0.05, 0) is 41.6 Å². The number of rotatable bonds is 2. The summed E-state index contributed by atoms with van der Waals surface area (Å²) in [5.74, 6) is 0.496. The van der Waals surface area contributed by atoms with Gasteiger partial charge in [0.2, 0.25) is 0 Å². The summed E-state index contributed by atoms with van der Waals surface area (Å²) < 4.78 is 13.9. The summed E-state index contributed by atoms with van der Waals surface area (Å²) in [7, 11) is 0. The number of nitrogens with one attached hydrogen (secondary N) is 1. The van der Waals surface area contributed by atoms with Crippen LogP contribution in [0.1, 0.15) is 34.9 Å². The number of aromatic amines is 1. The zero-order chi connectivity index (χ0) is 14.4. The molecule has 0 fully saturated rings. The summed E-state index contributed by atoms with van der Waals surface area (Å²) in [6.07, 6.45) is 2.95. The molecule has 3 aromatic rings. The third kappa shape index (κ3) is 1.81. The van der Waals surface area contributed by atoms with Crippen LogP contribution < -0.4 is 5.73 Å². The number of para-hydroxylation sites is 1. The molecule has 2 atom stereocenters. The van der Waals surface area contributed by atoms with E-state index in [2.05, 4.69) is 29.2 Å². The molecule has 4 rings (SSSR count). The van der Waals surface area contributed by atoms with Crippen LogP contribution >= 0.6 is 0 Å². The fourth-order valence-electron chi connectivity index (χ4n) is 3.68. The van der Waals surface area contributed by atoms with E-state index in [-0.39, 0.29) is 5.82 Å². The lowest BCUT2D eigenvalue weighted by molar-refractivity contribution is 0.637. The average molecular weight is 280 g/mol. The first-order valence-electron chi connectivity index (χ1n) is 7.34. The zero-order valence-electron chi connectivity index (χ0n) is 11.6. The van der Waals surface area contributed by atoms with Gasteiger partial charge in [-0.15, -0.1) is 0 Å². The second kappa shape index (κ2) is 4.71. The minimum atomic E-state index is -0.194. The molecule has 1 aliphatic rings. The second-order valence-electron chi connectivity index (χ2n) is 5.76. The van der Waals surface area contributed by atoms with Crippen molar-refractivity contribution in [1.29, 1.82) is 0 Å². The molecule has 3 N–H and O–H groups in total. The fourth-order valence-corrected chi connectivity index (χ4v) is 3.68. The Morgan fingerprint density at radius 2 is 1.86 bits per heavy atom. The van der Waals surface area contributed by atoms with Gasteiger partial charge in [-0.3, -0.25) is 0 Å². The normalized spacial score (nSPS) is 20.9. The number of nitrogens with two attached hydrogens (primary N) is 1. The largest absolute Gasteiger partial charge is 0.358 e. The SMILES string of the molecule is NCC1CC(c2c[nH]c3c(F)cccc23)c2ccccc21. The van der Waals surface area contributed by atoms with Crippen LogP contribution in [0.5, 0.6) is 0 Å². The van der Waals surface area contributed by atoms with Crippen LogP contribution in [-0.4, -0.2) is 11.5 Å². The van der Waals surface area contributed by atoms with E-state index in [4.69, 9.17) is 5.73 Å². The highest BCUT2D eigenvalue weighted by Gasteiger charge is 2.32. The van der Waals surface area contributed by atoms with Gasteiger partial charge < -0.3 is 10.7 Å². The number of H-pyrrole nitrogens is 1. The van der Waals surface area contributed by atoms with Crippen LogP contribution in [0.15, 0.2) is 48.7 Å². The molecular weight excluding hydrogens is 263 g/mol. The maximum atomic E-state index is 13.9. The van der Waals surface area contributed by atoms with Crippen LogP contribution in [-0.2, 0) is 0 Å². The van der Waals surface area contributed by atoms with Gasteiger partial charge in [0, 0.05) is 17.5 Å². The highest BCUT2D eigenvalue weighted by molar-refractivity contribution is 5.85. The van der Waals surface area contributed by atoms with Crippen molar-refractivity contribution in [3.63, 3.8) is 0 Å². The second-order valence-corrected chi connectivity index (χ2v) is 5.76. The minimum absolute atomic E-state index is 0.194. The highest BCUT2D eigenvalue weighted by atomic mass is 19.1. The molecule has 2 unspecified atom stereocenters. The Morgan fingerprint density at radius 3 is 2.67 bits per heavy atom. The summed E-state index contributed by atoms with van der Waals surface area (Å²) in [5.41, 5.74) is 10.4. The van der Waals surface area contributed by atoms with Gasteiger partial charge in [-0.2, -0.15) is 0 Å². The van der Waals surface area contributed by atoms with Crippen LogP contribution in [0, 0.1) is 5.82 Å². The van der Waals surface area contributed by atoms with Gasteiger partial charge in [0.15, 0.2) is 0 Å². The van der Waals surface area contributed by atoms with Crippen molar-refractivity contribution in [2.45, 2.75) is 18.3 Å². The van der Waals surface area contributed by atoms with E-state index in [9.17, 15) is 4.39 Å². The lowest BCUT2D eigenvalue weighted by Gasteiger charge is -2.11. The standard InChI is InChI=1S/C18H17FN2/c19-17-7-3-6-14-16(10-21-18(14)17)15-8-11(9-20)12-4-1-2-5-13(12)15/h1-7,10-11,15,21H,8-9,20H2. The van der Waals surface area contributed by atoms with E-state index >= 15 is 0 Å². The predicted molar refractivity (Wildman–Crippen MR) is 83.0 cm³/mol. The lowest BCUT2D eigenvalue weighted by atomic mass is 9.92. The molecule has 1 aliphatic carbocycles. The van der Waals surface area contributed by atoms with Gasteiger partial charge in [0.25, 0.3) is 0 Å². The van der Waals surface area contributed by atoms with Gasteiger partial charge in [0.05, 0.1) is 5.52 Å². The molecule has 106 valence electrons. The Morgan fingerprint density at radius 1 is 1.05 bits per heavy atom. The van der Waals surface area contributed by atoms with E-state index in [0.717, 1.165) is 11.8 Å². The van der Waals surface area contributed by atoms with E-state index in [1.807, 2.05) is 12.3 Å². The van der Waals surface area contributed by atoms with Crippen LogP contribution in [0.3, 0.4) is 0 Å². The molecule has 0 bridgehead atoms. The van der Waals surface area contributed by atoms with Crippen LogP contribution in [0.25, 0.3) is 10.9 Å². The van der Waals surface area contributed by atoms with E-state index in [0.29, 0.717) is 23.9 Å². The third-order valence-corrected chi connectivity index (χ3v) is 4.69. The molecule has 0 amide bonds. The summed E-state index contributed by atoms with van der Waals surface area (Å²) >= 11 is 0. The Kier molecular flexibility index (Phi) is 2.82. The maximum Gasteiger partial charge on any atom is 0.147 e. The molecule has 1 heterocycles. The number of aromatic nitrogens is 1. The Labute approximate surface area is 122 Å². The van der Waals surface area contributed by atoms with Crippen molar-refractivity contribution in [3.8, 4) is 0 Å². The summed E-state index contributed by atoms with van der Waals surface area (Å²) in [5, 5.41) is 0.979. The minimum Gasteiger partial charge on any atom is -0.358 e. The summed E-state index contributed by atoms with van der Waals surface area (Å²) in [6.45, 7) is 0.657. The first kappa shape index (κ1) is 12.6. The summed E-state index contributed by atoms with van der Waals surface area (Å²) in [6, 6.07) is 13.7. The van der Waals surface area contributed by atoms with Crippen molar-refractivity contribution in [3.05, 3.63) is 71.2 Å². The van der Waals surface area contributed by atoms with Crippen LogP contribution in [0.2, 0.25) is 0 Å². The Balaban J connectivity index is 1.89. The van der Waals surface area contributed by atoms with Crippen molar-refractivity contribution in [1.82, 2.24) is 4.98 Å². The molecule has 1 aromatic heterocycles. The zero-order valence-corrected chi connectivity index (χ0v) is 11.6. The van der Waals surface area contributed by atoms with Gasteiger partial charge in [-0.1, -0.05) is 36.4 Å². The van der Waals surface area contributed by atoms with Crippen molar-refractivity contribution >= 4 is 10.9 Å².